The highest BCUT2D eigenvalue weighted by Crippen LogP contribution is 2.27. The molecule has 0 radical (unpaired) electrons. The fraction of sp³-hybridized carbons (Fsp3) is 0.562. The average Bonchev–Trinajstić information content (AvgIpc) is 2.44. The van der Waals surface area contributed by atoms with Crippen molar-refractivity contribution in [2.75, 3.05) is 13.1 Å². The summed E-state index contributed by atoms with van der Waals surface area (Å²) in [5.41, 5.74) is 2.25. The van der Waals surface area contributed by atoms with E-state index in [1.165, 1.54) is 6.42 Å². The third kappa shape index (κ3) is 3.54. The lowest BCUT2D eigenvalue weighted by Crippen LogP contribution is -2.43. The average molecular weight is 340 g/mol. The smallest absolute Gasteiger partial charge is 0.263 e. The number of hydrogen-bond acceptors (Lipinski definition) is 2. The zero-order valence-corrected chi connectivity index (χ0v) is 14.0. The molecule has 1 aliphatic heterocycles. The van der Waals surface area contributed by atoms with Gasteiger partial charge in [-0.15, -0.1) is 0 Å². The molecular weight excluding hydrogens is 318 g/mol. The molecule has 0 bridgehead atoms. The summed E-state index contributed by atoms with van der Waals surface area (Å²) in [6.45, 7) is 7.63. The lowest BCUT2D eigenvalue weighted by molar-refractivity contribution is -0.138. The van der Waals surface area contributed by atoms with Crippen LogP contribution in [0.1, 0.15) is 37.3 Å². The Morgan fingerprint density at radius 1 is 1.20 bits per heavy atom. The van der Waals surface area contributed by atoms with Gasteiger partial charge in [-0.05, 0) is 63.3 Å². The molecule has 0 aromatic heterocycles. The van der Waals surface area contributed by atoms with Gasteiger partial charge in [0.2, 0.25) is 0 Å². The van der Waals surface area contributed by atoms with E-state index < -0.39 is 6.10 Å². The monoisotopic (exact) mass is 339 g/mol. The third-order valence-electron chi connectivity index (χ3n) is 3.74. The van der Waals surface area contributed by atoms with E-state index in [1.807, 2.05) is 37.8 Å². The molecule has 110 valence electrons. The van der Waals surface area contributed by atoms with Gasteiger partial charge in [0, 0.05) is 17.6 Å². The molecule has 1 unspecified atom stereocenters. The Bertz CT molecular complexity index is 472. The molecule has 1 fully saturated rings. The minimum absolute atomic E-state index is 0.0999. The van der Waals surface area contributed by atoms with Gasteiger partial charge in [-0.2, -0.15) is 0 Å². The fourth-order valence-corrected chi connectivity index (χ4v) is 2.83. The van der Waals surface area contributed by atoms with Gasteiger partial charge >= 0.3 is 0 Å². The number of halogens is 1. The second-order valence-corrected chi connectivity index (χ2v) is 6.31. The van der Waals surface area contributed by atoms with E-state index in [2.05, 4.69) is 15.9 Å². The first-order chi connectivity index (χ1) is 9.49. The SMILES string of the molecule is Cc1cc(OC(C)C(=O)N2CCCCC2)cc(C)c1Br. The molecule has 3 nitrogen and oxygen atoms in total. The van der Waals surface area contributed by atoms with Gasteiger partial charge in [0.15, 0.2) is 6.10 Å². The highest BCUT2D eigenvalue weighted by molar-refractivity contribution is 9.10. The Morgan fingerprint density at radius 2 is 1.75 bits per heavy atom. The number of rotatable bonds is 3. The summed E-state index contributed by atoms with van der Waals surface area (Å²) in [6, 6.07) is 3.94. The zero-order valence-electron chi connectivity index (χ0n) is 12.4. The third-order valence-corrected chi connectivity index (χ3v) is 4.99. The van der Waals surface area contributed by atoms with E-state index in [9.17, 15) is 4.79 Å². The van der Waals surface area contributed by atoms with Crippen LogP contribution in [-0.4, -0.2) is 30.0 Å². The summed E-state index contributed by atoms with van der Waals surface area (Å²) in [5, 5.41) is 0. The van der Waals surface area contributed by atoms with E-state index in [1.54, 1.807) is 0 Å². The molecule has 1 heterocycles. The standard InChI is InChI=1S/C16H22BrNO2/c1-11-9-14(10-12(2)15(11)17)20-13(3)16(19)18-7-5-4-6-8-18/h9-10,13H,4-8H2,1-3H3. The fourth-order valence-electron chi connectivity index (χ4n) is 2.60. The Balaban J connectivity index is 2.03. The zero-order chi connectivity index (χ0) is 14.7. The highest BCUT2D eigenvalue weighted by atomic mass is 79.9. The summed E-state index contributed by atoms with van der Waals surface area (Å²) in [4.78, 5) is 14.3. The molecule has 1 saturated heterocycles. The number of nitrogens with zero attached hydrogens (tertiary/aromatic N) is 1. The molecule has 1 atom stereocenters. The normalized spacial score (nSPS) is 16.9. The van der Waals surface area contributed by atoms with E-state index in [0.717, 1.165) is 47.3 Å². The van der Waals surface area contributed by atoms with E-state index >= 15 is 0 Å². The van der Waals surface area contributed by atoms with Crippen LogP contribution < -0.4 is 4.74 Å². The number of carbonyl (C=O) groups is 1. The Hall–Kier alpha value is -1.03. The maximum absolute atomic E-state index is 12.3. The molecule has 1 aromatic rings. The van der Waals surface area contributed by atoms with Crippen molar-refractivity contribution in [2.24, 2.45) is 0 Å². The van der Waals surface area contributed by atoms with E-state index in [0.29, 0.717) is 0 Å². The molecule has 0 aliphatic carbocycles. The van der Waals surface area contributed by atoms with Crippen LogP contribution in [0.25, 0.3) is 0 Å². The van der Waals surface area contributed by atoms with Crippen molar-refractivity contribution in [3.63, 3.8) is 0 Å². The Kier molecular flexibility index (Phi) is 5.08. The predicted octanol–water partition coefficient (Wildman–Crippen LogP) is 3.85. The topological polar surface area (TPSA) is 29.5 Å². The number of aryl methyl sites for hydroxylation is 2. The minimum atomic E-state index is -0.423. The molecule has 1 aliphatic rings. The van der Waals surface area contributed by atoms with Crippen LogP contribution in [0.4, 0.5) is 0 Å². The van der Waals surface area contributed by atoms with Gasteiger partial charge < -0.3 is 9.64 Å². The number of benzene rings is 1. The second kappa shape index (κ2) is 6.61. The molecule has 0 spiro atoms. The van der Waals surface area contributed by atoms with Gasteiger partial charge in [0.1, 0.15) is 5.75 Å². The largest absolute Gasteiger partial charge is 0.481 e. The molecule has 1 aromatic carbocycles. The van der Waals surface area contributed by atoms with Gasteiger partial charge in [0.05, 0.1) is 0 Å². The van der Waals surface area contributed by atoms with Crippen molar-refractivity contribution in [3.05, 3.63) is 27.7 Å². The van der Waals surface area contributed by atoms with Crippen LogP contribution in [0.2, 0.25) is 0 Å². The molecule has 2 rings (SSSR count). The molecule has 0 saturated carbocycles. The van der Waals surface area contributed by atoms with Crippen LogP contribution in [0.3, 0.4) is 0 Å². The van der Waals surface area contributed by atoms with Crippen molar-refractivity contribution >= 4 is 21.8 Å². The van der Waals surface area contributed by atoms with Crippen molar-refractivity contribution in [1.82, 2.24) is 4.90 Å². The second-order valence-electron chi connectivity index (χ2n) is 5.52. The lowest BCUT2D eigenvalue weighted by Gasteiger charge is -2.29. The summed E-state index contributed by atoms with van der Waals surface area (Å²) >= 11 is 3.54. The van der Waals surface area contributed by atoms with Crippen LogP contribution >= 0.6 is 15.9 Å². The van der Waals surface area contributed by atoms with Gasteiger partial charge in [-0.25, -0.2) is 0 Å². The van der Waals surface area contributed by atoms with Gasteiger partial charge in [-0.3, -0.25) is 4.79 Å². The quantitative estimate of drug-likeness (QED) is 0.837. The lowest BCUT2D eigenvalue weighted by atomic mass is 10.1. The molecule has 1 amide bonds. The molecule has 0 N–H and O–H groups in total. The maximum Gasteiger partial charge on any atom is 0.263 e. The molecular formula is C16H22BrNO2. The Labute approximate surface area is 129 Å². The van der Waals surface area contributed by atoms with Crippen molar-refractivity contribution in [3.8, 4) is 5.75 Å². The predicted molar refractivity (Wildman–Crippen MR) is 84.1 cm³/mol. The number of ether oxygens (including phenoxy) is 1. The van der Waals surface area contributed by atoms with Crippen molar-refractivity contribution in [1.29, 1.82) is 0 Å². The van der Waals surface area contributed by atoms with Crippen molar-refractivity contribution < 1.29 is 9.53 Å². The maximum atomic E-state index is 12.3. The summed E-state index contributed by atoms with van der Waals surface area (Å²) in [6.07, 6.45) is 3.02. The number of hydrogen-bond donors (Lipinski definition) is 0. The van der Waals surface area contributed by atoms with Crippen LogP contribution in [0, 0.1) is 13.8 Å². The first-order valence-corrected chi connectivity index (χ1v) is 8.00. The number of piperidine rings is 1. The molecule has 4 heteroatoms. The Morgan fingerprint density at radius 3 is 2.30 bits per heavy atom. The van der Waals surface area contributed by atoms with Crippen LogP contribution in [0.5, 0.6) is 5.75 Å². The van der Waals surface area contributed by atoms with Gasteiger partial charge in [0.25, 0.3) is 5.91 Å². The van der Waals surface area contributed by atoms with Crippen molar-refractivity contribution in [2.45, 2.75) is 46.1 Å². The summed E-state index contributed by atoms with van der Waals surface area (Å²) in [7, 11) is 0. The van der Waals surface area contributed by atoms with E-state index in [-0.39, 0.29) is 5.91 Å². The summed E-state index contributed by atoms with van der Waals surface area (Å²) in [5.74, 6) is 0.865. The van der Waals surface area contributed by atoms with Crippen LogP contribution in [0.15, 0.2) is 16.6 Å². The number of amides is 1. The van der Waals surface area contributed by atoms with Crippen LogP contribution in [-0.2, 0) is 4.79 Å². The number of carbonyl (C=O) groups excluding carboxylic acids is 1. The minimum Gasteiger partial charge on any atom is -0.481 e. The summed E-state index contributed by atoms with van der Waals surface area (Å²) < 4.78 is 6.93. The van der Waals surface area contributed by atoms with Gasteiger partial charge in [-0.1, -0.05) is 15.9 Å². The number of likely N-dealkylation sites (tertiary alicyclic amines) is 1. The molecule has 20 heavy (non-hydrogen) atoms. The van der Waals surface area contributed by atoms with E-state index in [4.69, 9.17) is 4.74 Å². The highest BCUT2D eigenvalue weighted by Gasteiger charge is 2.23. The first kappa shape index (κ1) is 15.4. The first-order valence-electron chi connectivity index (χ1n) is 7.21.